The first-order valence-corrected chi connectivity index (χ1v) is 11.8. The van der Waals surface area contributed by atoms with E-state index in [4.69, 9.17) is 4.74 Å². The molecule has 1 saturated heterocycles. The van der Waals surface area contributed by atoms with E-state index >= 15 is 0 Å². The molecule has 0 radical (unpaired) electrons. The number of piperidine rings is 1. The number of aromatic nitrogens is 1. The maximum atomic E-state index is 14.8. The van der Waals surface area contributed by atoms with Gasteiger partial charge < -0.3 is 15.0 Å². The first-order chi connectivity index (χ1) is 15.1. The van der Waals surface area contributed by atoms with E-state index in [1.165, 1.54) is 18.0 Å². The molecule has 0 bridgehead atoms. The largest absolute Gasteiger partial charge is 0.481 e. The lowest BCUT2D eigenvalue weighted by molar-refractivity contribution is 0.243. The van der Waals surface area contributed by atoms with Crippen molar-refractivity contribution in [2.45, 2.75) is 44.3 Å². The summed E-state index contributed by atoms with van der Waals surface area (Å²) in [4.78, 5) is 19.3. The third-order valence-corrected chi connectivity index (χ3v) is 7.25. The van der Waals surface area contributed by atoms with Crippen LogP contribution in [0.15, 0.2) is 24.4 Å². The molecular weight excluding hydrogens is 415 g/mol. The first kappa shape index (κ1) is 21.9. The predicted molar refractivity (Wildman–Crippen MR) is 123 cm³/mol. The number of methoxy groups -OCH3 is 1. The predicted octanol–water partition coefficient (Wildman–Crippen LogP) is 4.64. The zero-order valence-corrected chi connectivity index (χ0v) is 18.9. The number of hydrogen-bond acceptors (Lipinski definition) is 5. The number of urea groups is 1. The third kappa shape index (κ3) is 4.96. The zero-order valence-electron chi connectivity index (χ0n) is 18.0. The molecule has 0 saturated carbocycles. The number of nitrogens with one attached hydrogen (secondary N) is 2. The quantitative estimate of drug-likeness (QED) is 0.636. The van der Waals surface area contributed by atoms with Gasteiger partial charge in [0.15, 0.2) is 0 Å². The maximum absolute atomic E-state index is 14.8. The topological polar surface area (TPSA) is 66.5 Å². The van der Waals surface area contributed by atoms with Crippen LogP contribution in [0.2, 0.25) is 0 Å². The summed E-state index contributed by atoms with van der Waals surface area (Å²) < 4.78 is 23.0. The van der Waals surface area contributed by atoms with Crippen molar-refractivity contribution in [3.63, 3.8) is 0 Å². The summed E-state index contributed by atoms with van der Waals surface area (Å²) in [6.07, 6.45) is 6.08. The molecule has 2 amide bonds. The number of halogens is 1. The van der Waals surface area contributed by atoms with Crippen molar-refractivity contribution in [3.05, 3.63) is 41.3 Å². The normalized spacial score (nSPS) is 16.7. The van der Waals surface area contributed by atoms with Gasteiger partial charge in [-0.3, -0.25) is 4.72 Å². The number of benzene rings is 1. The molecule has 1 aliphatic carbocycles. The highest BCUT2D eigenvalue weighted by Gasteiger charge is 2.25. The number of likely N-dealkylation sites (tertiary alicyclic amines) is 1. The Morgan fingerprint density at radius 3 is 2.81 bits per heavy atom. The fourth-order valence-corrected chi connectivity index (χ4v) is 5.18. The summed E-state index contributed by atoms with van der Waals surface area (Å²) in [5.74, 6) is 0.226. The van der Waals surface area contributed by atoms with E-state index in [-0.39, 0.29) is 11.8 Å². The smallest absolute Gasteiger partial charge is 0.329 e. The van der Waals surface area contributed by atoms with Crippen LogP contribution in [-0.2, 0) is 12.8 Å². The molecule has 31 heavy (non-hydrogen) atoms. The summed E-state index contributed by atoms with van der Waals surface area (Å²) in [5, 5.41) is 3.44. The SMILES string of the molecule is CCN1CCC(SNC(=O)Nc2c(-c3ccnc(OC)c3)cc(F)c3c2CCC3)CC1. The summed E-state index contributed by atoms with van der Waals surface area (Å²) in [6.45, 7) is 5.38. The Bertz CT molecular complexity index is 947. The molecule has 8 heteroatoms. The Kier molecular flexibility index (Phi) is 6.97. The molecule has 0 spiro atoms. The van der Waals surface area contributed by atoms with Crippen molar-refractivity contribution in [2.75, 3.05) is 32.1 Å². The van der Waals surface area contributed by atoms with Crippen LogP contribution in [0, 0.1) is 5.82 Å². The number of nitrogens with zero attached hydrogens (tertiary/aromatic N) is 2. The Morgan fingerprint density at radius 2 is 2.06 bits per heavy atom. The van der Waals surface area contributed by atoms with Crippen LogP contribution < -0.4 is 14.8 Å². The Hall–Kier alpha value is -2.32. The van der Waals surface area contributed by atoms with Crippen molar-refractivity contribution in [1.29, 1.82) is 0 Å². The van der Waals surface area contributed by atoms with Gasteiger partial charge in [0.1, 0.15) is 5.82 Å². The number of fused-ring (bicyclic) bond motifs is 1. The molecule has 4 rings (SSSR count). The van der Waals surface area contributed by atoms with Crippen molar-refractivity contribution >= 4 is 23.7 Å². The van der Waals surface area contributed by atoms with Crippen molar-refractivity contribution in [3.8, 4) is 17.0 Å². The van der Waals surface area contributed by atoms with Gasteiger partial charge in [-0.1, -0.05) is 6.92 Å². The average molecular weight is 445 g/mol. The highest BCUT2D eigenvalue weighted by atomic mass is 32.2. The van der Waals surface area contributed by atoms with Crippen molar-refractivity contribution < 1.29 is 13.9 Å². The van der Waals surface area contributed by atoms with Gasteiger partial charge in [-0.2, -0.15) is 0 Å². The minimum absolute atomic E-state index is 0.221. The second kappa shape index (κ2) is 9.87. The summed E-state index contributed by atoms with van der Waals surface area (Å²) in [5.41, 5.74) is 3.69. The second-order valence-electron chi connectivity index (χ2n) is 7.99. The maximum Gasteiger partial charge on any atom is 0.329 e. The standard InChI is InChI=1S/C23H29FN4O2S/c1-3-28-11-8-16(9-12-28)31-27-23(29)26-22-18-6-4-5-17(18)20(24)14-19(22)15-7-10-25-21(13-15)30-2/h7,10,13-14,16H,3-6,8-9,11-12H2,1-2H3,(H2,26,27,29). The van der Waals surface area contributed by atoms with E-state index in [2.05, 4.69) is 26.8 Å². The summed E-state index contributed by atoms with van der Waals surface area (Å²) in [7, 11) is 1.55. The molecule has 166 valence electrons. The number of hydrogen-bond donors (Lipinski definition) is 2. The van der Waals surface area contributed by atoms with E-state index < -0.39 is 0 Å². The van der Waals surface area contributed by atoms with Crippen LogP contribution in [0.5, 0.6) is 5.88 Å². The van der Waals surface area contributed by atoms with Gasteiger partial charge in [0.2, 0.25) is 5.88 Å². The Balaban J connectivity index is 1.53. The van der Waals surface area contributed by atoms with E-state index in [0.717, 1.165) is 56.4 Å². The molecule has 1 aliphatic heterocycles. The highest BCUT2D eigenvalue weighted by molar-refractivity contribution is 7.98. The number of rotatable bonds is 6. The van der Waals surface area contributed by atoms with Crippen LogP contribution in [0.4, 0.5) is 14.9 Å². The van der Waals surface area contributed by atoms with Gasteiger partial charge in [0.25, 0.3) is 0 Å². The van der Waals surface area contributed by atoms with Gasteiger partial charge in [-0.15, -0.1) is 0 Å². The lowest BCUT2D eigenvalue weighted by atomic mass is 9.97. The van der Waals surface area contributed by atoms with Crippen molar-refractivity contribution in [1.82, 2.24) is 14.6 Å². The molecular formula is C23H29FN4O2S. The molecule has 2 aromatic rings. The number of ether oxygens (including phenoxy) is 1. The molecule has 2 heterocycles. The minimum atomic E-state index is -0.272. The molecule has 1 aromatic carbocycles. The van der Waals surface area contributed by atoms with Crippen LogP contribution in [-0.4, -0.2) is 47.9 Å². The second-order valence-corrected chi connectivity index (χ2v) is 9.09. The molecule has 2 aliphatic rings. The van der Waals surface area contributed by atoms with Crippen LogP contribution in [0.25, 0.3) is 11.1 Å². The number of carbonyl (C=O) groups is 1. The third-order valence-electron chi connectivity index (χ3n) is 6.14. The van der Waals surface area contributed by atoms with E-state index in [9.17, 15) is 9.18 Å². The fourth-order valence-electron chi connectivity index (χ4n) is 4.41. The van der Waals surface area contributed by atoms with Crippen LogP contribution in [0.1, 0.15) is 37.3 Å². The number of amides is 2. The molecule has 1 fully saturated rings. The molecule has 0 unspecified atom stereocenters. The van der Waals surface area contributed by atoms with E-state index in [1.54, 1.807) is 25.4 Å². The minimum Gasteiger partial charge on any atom is -0.481 e. The first-order valence-electron chi connectivity index (χ1n) is 10.9. The lowest BCUT2D eigenvalue weighted by Crippen LogP contribution is -2.36. The highest BCUT2D eigenvalue weighted by Crippen LogP contribution is 2.39. The lowest BCUT2D eigenvalue weighted by Gasteiger charge is -2.30. The number of pyridine rings is 1. The van der Waals surface area contributed by atoms with E-state index in [0.29, 0.717) is 34.4 Å². The average Bonchev–Trinajstić information content (AvgIpc) is 3.30. The summed E-state index contributed by atoms with van der Waals surface area (Å²) in [6, 6.07) is 4.81. The zero-order chi connectivity index (χ0) is 21.8. The van der Waals surface area contributed by atoms with Crippen LogP contribution in [0.3, 0.4) is 0 Å². The van der Waals surface area contributed by atoms with Gasteiger partial charge in [-0.05, 0) is 92.5 Å². The van der Waals surface area contributed by atoms with Gasteiger partial charge in [0.05, 0.1) is 12.8 Å². The van der Waals surface area contributed by atoms with Crippen molar-refractivity contribution in [2.24, 2.45) is 0 Å². The number of carbonyl (C=O) groups excluding carboxylic acids is 1. The van der Waals surface area contributed by atoms with Gasteiger partial charge >= 0.3 is 6.03 Å². The molecule has 6 nitrogen and oxygen atoms in total. The molecule has 1 aromatic heterocycles. The Labute approximate surface area is 187 Å². The van der Waals surface area contributed by atoms with Gasteiger partial charge in [-0.25, -0.2) is 14.2 Å². The fraction of sp³-hybridized carbons (Fsp3) is 0.478. The van der Waals surface area contributed by atoms with Gasteiger partial charge in [0, 0.05) is 23.1 Å². The summed E-state index contributed by atoms with van der Waals surface area (Å²) >= 11 is 1.49. The van der Waals surface area contributed by atoms with E-state index in [1.807, 2.05) is 0 Å². The van der Waals surface area contributed by atoms with Crippen LogP contribution >= 0.6 is 11.9 Å². The monoisotopic (exact) mass is 444 g/mol. The molecule has 0 atom stereocenters. The number of anilines is 1. The Morgan fingerprint density at radius 1 is 1.29 bits per heavy atom. The molecule has 2 N–H and O–H groups in total.